The number of fused-ring (bicyclic) bond motifs is 1. The third kappa shape index (κ3) is 1.82. The van der Waals surface area contributed by atoms with Gasteiger partial charge in [-0.05, 0) is 31.0 Å². The van der Waals surface area contributed by atoms with Crippen molar-refractivity contribution in [1.29, 1.82) is 0 Å². The zero-order valence-electron chi connectivity index (χ0n) is 10.7. The van der Waals surface area contributed by atoms with E-state index in [1.165, 1.54) is 11.1 Å². The van der Waals surface area contributed by atoms with Crippen molar-refractivity contribution in [2.75, 3.05) is 13.1 Å². The number of benzene rings is 1. The van der Waals surface area contributed by atoms with Crippen LogP contribution in [0.4, 0.5) is 0 Å². The van der Waals surface area contributed by atoms with E-state index in [0.29, 0.717) is 18.7 Å². The number of piperazine rings is 1. The molecule has 1 aromatic rings. The molecule has 0 saturated carbocycles. The number of esters is 1. The summed E-state index contributed by atoms with van der Waals surface area (Å²) >= 11 is 0. The molecule has 3 rings (SSSR count). The monoisotopic (exact) mass is 246 g/mol. The molecule has 4 heteroatoms. The van der Waals surface area contributed by atoms with E-state index in [9.17, 15) is 4.79 Å². The molecule has 0 aromatic heterocycles. The maximum Gasteiger partial charge on any atom is 0.338 e. The fraction of sp³-hybridized carbons (Fsp3) is 0.500. The second-order valence-electron chi connectivity index (χ2n) is 5.16. The largest absolute Gasteiger partial charge is 0.457 e. The maximum atomic E-state index is 11.5. The molecule has 2 aliphatic heterocycles. The SMILES string of the molecule is Cc1c([C@H]2CNC[C@@H](C)N2)ccc2c1COC2=O. The summed E-state index contributed by atoms with van der Waals surface area (Å²) in [5.41, 5.74) is 4.24. The topological polar surface area (TPSA) is 50.4 Å². The first-order valence-corrected chi connectivity index (χ1v) is 6.43. The van der Waals surface area contributed by atoms with Crippen molar-refractivity contribution in [3.63, 3.8) is 0 Å². The van der Waals surface area contributed by atoms with Crippen LogP contribution in [0.15, 0.2) is 12.1 Å². The van der Waals surface area contributed by atoms with Crippen LogP contribution in [0.25, 0.3) is 0 Å². The second-order valence-corrected chi connectivity index (χ2v) is 5.16. The Morgan fingerprint density at radius 3 is 2.94 bits per heavy atom. The molecule has 0 bridgehead atoms. The number of ether oxygens (including phenoxy) is 1. The molecule has 1 saturated heterocycles. The van der Waals surface area contributed by atoms with Gasteiger partial charge in [0.2, 0.25) is 0 Å². The third-order valence-corrected chi connectivity index (χ3v) is 3.87. The van der Waals surface area contributed by atoms with Crippen LogP contribution in [0.1, 0.15) is 40.0 Å². The first-order chi connectivity index (χ1) is 8.66. The molecule has 96 valence electrons. The Hall–Kier alpha value is -1.39. The molecule has 2 atom stereocenters. The molecule has 0 unspecified atom stereocenters. The molecular weight excluding hydrogens is 228 g/mol. The van der Waals surface area contributed by atoms with Crippen LogP contribution in [0.3, 0.4) is 0 Å². The Balaban J connectivity index is 1.96. The minimum Gasteiger partial charge on any atom is -0.457 e. The predicted octanol–water partition coefficient (Wildman–Crippen LogP) is 1.29. The van der Waals surface area contributed by atoms with Crippen molar-refractivity contribution >= 4 is 5.97 Å². The lowest BCUT2D eigenvalue weighted by molar-refractivity contribution is 0.0535. The molecule has 2 aliphatic rings. The zero-order valence-corrected chi connectivity index (χ0v) is 10.7. The summed E-state index contributed by atoms with van der Waals surface area (Å²) in [6.45, 7) is 6.61. The van der Waals surface area contributed by atoms with Gasteiger partial charge in [-0.3, -0.25) is 0 Å². The van der Waals surface area contributed by atoms with Crippen LogP contribution < -0.4 is 10.6 Å². The highest BCUT2D eigenvalue weighted by Gasteiger charge is 2.27. The number of cyclic esters (lactones) is 1. The highest BCUT2D eigenvalue weighted by molar-refractivity contribution is 5.93. The standard InChI is InChI=1S/C14H18N2O2/c1-8-5-15-6-13(16-8)10-3-4-11-12(9(10)2)7-18-14(11)17/h3-4,8,13,15-16H,5-7H2,1-2H3/t8-,13-/m1/s1. The lowest BCUT2D eigenvalue weighted by atomic mass is 9.93. The number of carbonyl (C=O) groups excluding carboxylic acids is 1. The highest BCUT2D eigenvalue weighted by atomic mass is 16.5. The minimum atomic E-state index is -0.192. The van der Waals surface area contributed by atoms with Gasteiger partial charge in [-0.25, -0.2) is 4.79 Å². The van der Waals surface area contributed by atoms with Crippen molar-refractivity contribution in [1.82, 2.24) is 10.6 Å². The zero-order chi connectivity index (χ0) is 12.7. The van der Waals surface area contributed by atoms with Crippen molar-refractivity contribution in [3.8, 4) is 0 Å². The summed E-state index contributed by atoms with van der Waals surface area (Å²) in [7, 11) is 0. The Labute approximate surface area is 107 Å². The molecule has 1 aromatic carbocycles. The molecule has 1 fully saturated rings. The Kier molecular flexibility index (Phi) is 2.84. The van der Waals surface area contributed by atoms with Gasteiger partial charge in [0.15, 0.2) is 0 Å². The fourth-order valence-electron chi connectivity index (χ4n) is 2.85. The summed E-state index contributed by atoms with van der Waals surface area (Å²) in [6, 6.07) is 4.73. The number of hydrogen-bond acceptors (Lipinski definition) is 4. The van der Waals surface area contributed by atoms with Gasteiger partial charge in [0.25, 0.3) is 0 Å². The van der Waals surface area contributed by atoms with Gasteiger partial charge in [0.05, 0.1) is 5.56 Å². The Morgan fingerprint density at radius 1 is 1.33 bits per heavy atom. The minimum absolute atomic E-state index is 0.192. The molecule has 0 radical (unpaired) electrons. The van der Waals surface area contributed by atoms with Crippen molar-refractivity contribution in [2.24, 2.45) is 0 Å². The van der Waals surface area contributed by atoms with Crippen molar-refractivity contribution in [3.05, 3.63) is 34.4 Å². The van der Waals surface area contributed by atoms with Crippen LogP contribution in [0.2, 0.25) is 0 Å². The van der Waals surface area contributed by atoms with Crippen molar-refractivity contribution in [2.45, 2.75) is 32.5 Å². The lowest BCUT2D eigenvalue weighted by Gasteiger charge is -2.31. The van der Waals surface area contributed by atoms with Crippen LogP contribution >= 0.6 is 0 Å². The van der Waals surface area contributed by atoms with Gasteiger partial charge in [-0.2, -0.15) is 0 Å². The van der Waals surface area contributed by atoms with E-state index in [1.807, 2.05) is 6.07 Å². The molecule has 4 nitrogen and oxygen atoms in total. The van der Waals surface area contributed by atoms with Gasteiger partial charge >= 0.3 is 5.97 Å². The summed E-state index contributed by atoms with van der Waals surface area (Å²) in [5, 5.41) is 7.01. The van der Waals surface area contributed by atoms with Crippen LogP contribution in [0.5, 0.6) is 0 Å². The van der Waals surface area contributed by atoms with E-state index >= 15 is 0 Å². The summed E-state index contributed by atoms with van der Waals surface area (Å²) < 4.78 is 5.09. The smallest absolute Gasteiger partial charge is 0.338 e. The molecule has 2 N–H and O–H groups in total. The third-order valence-electron chi connectivity index (χ3n) is 3.87. The van der Waals surface area contributed by atoms with Gasteiger partial charge in [-0.1, -0.05) is 6.07 Å². The molecule has 2 heterocycles. The van der Waals surface area contributed by atoms with E-state index < -0.39 is 0 Å². The van der Waals surface area contributed by atoms with Crippen LogP contribution in [-0.2, 0) is 11.3 Å². The lowest BCUT2D eigenvalue weighted by Crippen LogP contribution is -2.48. The fourth-order valence-corrected chi connectivity index (χ4v) is 2.85. The van der Waals surface area contributed by atoms with E-state index in [0.717, 1.165) is 24.2 Å². The average Bonchev–Trinajstić information content (AvgIpc) is 2.73. The van der Waals surface area contributed by atoms with Crippen LogP contribution in [0, 0.1) is 6.92 Å². The highest BCUT2D eigenvalue weighted by Crippen LogP contribution is 2.29. The molecule has 0 spiro atoms. The normalized spacial score (nSPS) is 26.9. The molecular formula is C14H18N2O2. The Bertz CT molecular complexity index is 499. The van der Waals surface area contributed by atoms with Crippen LogP contribution in [-0.4, -0.2) is 25.1 Å². The summed E-state index contributed by atoms with van der Waals surface area (Å²) in [5.74, 6) is -0.192. The maximum absolute atomic E-state index is 11.5. The molecule has 0 amide bonds. The number of hydrogen-bond donors (Lipinski definition) is 2. The predicted molar refractivity (Wildman–Crippen MR) is 68.5 cm³/mol. The average molecular weight is 246 g/mol. The quantitative estimate of drug-likeness (QED) is 0.733. The van der Waals surface area contributed by atoms with E-state index in [-0.39, 0.29) is 5.97 Å². The van der Waals surface area contributed by atoms with E-state index in [4.69, 9.17) is 4.74 Å². The van der Waals surface area contributed by atoms with Gasteiger partial charge in [0.1, 0.15) is 6.61 Å². The number of carbonyl (C=O) groups is 1. The van der Waals surface area contributed by atoms with E-state index in [2.05, 4.69) is 30.5 Å². The summed E-state index contributed by atoms with van der Waals surface area (Å²) in [4.78, 5) is 11.5. The Morgan fingerprint density at radius 2 is 2.17 bits per heavy atom. The second kappa shape index (κ2) is 4.37. The first kappa shape index (κ1) is 11.7. The first-order valence-electron chi connectivity index (χ1n) is 6.43. The van der Waals surface area contributed by atoms with Gasteiger partial charge < -0.3 is 15.4 Å². The number of rotatable bonds is 1. The molecule has 18 heavy (non-hydrogen) atoms. The summed E-state index contributed by atoms with van der Waals surface area (Å²) in [6.07, 6.45) is 0. The van der Waals surface area contributed by atoms with E-state index in [1.54, 1.807) is 0 Å². The molecule has 0 aliphatic carbocycles. The van der Waals surface area contributed by atoms with Gasteiger partial charge in [-0.15, -0.1) is 0 Å². The van der Waals surface area contributed by atoms with Crippen molar-refractivity contribution < 1.29 is 9.53 Å². The number of nitrogens with one attached hydrogen (secondary N) is 2. The van der Waals surface area contributed by atoms with Gasteiger partial charge in [0, 0.05) is 30.7 Å².